The first-order chi connectivity index (χ1) is 8.22. The highest BCUT2D eigenvalue weighted by Gasteiger charge is 2.21. The van der Waals surface area contributed by atoms with Gasteiger partial charge in [-0.05, 0) is 28.8 Å². The summed E-state index contributed by atoms with van der Waals surface area (Å²) in [6.07, 6.45) is 5.91. The van der Waals surface area contributed by atoms with Crippen molar-refractivity contribution in [1.29, 1.82) is 0 Å². The van der Waals surface area contributed by atoms with Crippen molar-refractivity contribution >= 4 is 28.1 Å². The molecule has 5 heteroatoms. The van der Waals surface area contributed by atoms with Crippen LogP contribution in [0.25, 0.3) is 0 Å². The molecule has 1 saturated carbocycles. The largest absolute Gasteiger partial charge is 0.384 e. The predicted molar refractivity (Wildman–Crippen MR) is 73.9 cm³/mol. The van der Waals surface area contributed by atoms with E-state index < -0.39 is 0 Å². The van der Waals surface area contributed by atoms with Gasteiger partial charge in [0.25, 0.3) is 0 Å². The van der Waals surface area contributed by atoms with E-state index in [1.165, 1.54) is 31.4 Å². The Morgan fingerprint density at radius 1 is 1.47 bits per heavy atom. The summed E-state index contributed by atoms with van der Waals surface area (Å²) < 4.78 is 6.71. The fraction of sp³-hybridized carbons (Fsp3) is 0.667. The summed E-state index contributed by atoms with van der Waals surface area (Å²) in [6.45, 7) is 0.671. The van der Waals surface area contributed by atoms with Crippen molar-refractivity contribution in [2.24, 2.45) is 0 Å². The summed E-state index contributed by atoms with van der Waals surface area (Å²) in [7, 11) is 1.70. The van der Waals surface area contributed by atoms with Crippen molar-refractivity contribution in [3.05, 3.63) is 20.6 Å². The van der Waals surface area contributed by atoms with E-state index in [-0.39, 0.29) is 0 Å². The molecule has 0 saturated heterocycles. The lowest BCUT2D eigenvalue weighted by Gasteiger charge is -2.13. The van der Waals surface area contributed by atoms with E-state index in [1.54, 1.807) is 7.11 Å². The van der Waals surface area contributed by atoms with Gasteiger partial charge < -0.3 is 9.72 Å². The van der Waals surface area contributed by atoms with Crippen LogP contribution in [0.3, 0.4) is 0 Å². The number of aromatic nitrogens is 2. The Labute approximate surface area is 115 Å². The number of aromatic amines is 1. The molecule has 0 bridgehead atoms. The van der Waals surface area contributed by atoms with Crippen molar-refractivity contribution < 1.29 is 4.74 Å². The molecule has 0 unspecified atom stereocenters. The Morgan fingerprint density at radius 3 is 2.82 bits per heavy atom. The van der Waals surface area contributed by atoms with Gasteiger partial charge in [-0.15, -0.1) is 0 Å². The van der Waals surface area contributed by atoms with Gasteiger partial charge in [0.1, 0.15) is 10.5 Å². The zero-order chi connectivity index (χ0) is 12.3. The van der Waals surface area contributed by atoms with Crippen molar-refractivity contribution in [3.63, 3.8) is 0 Å². The Hall–Kier alpha value is -0.260. The second-order valence-electron chi connectivity index (χ2n) is 4.44. The molecule has 3 nitrogen and oxygen atoms in total. The first kappa shape index (κ1) is 13.2. The summed E-state index contributed by atoms with van der Waals surface area (Å²) >= 11 is 8.86. The fourth-order valence-corrected chi connectivity index (χ4v) is 3.07. The molecule has 1 heterocycles. The third-order valence-corrected chi connectivity index (χ3v) is 4.61. The van der Waals surface area contributed by atoms with E-state index in [1.807, 2.05) is 0 Å². The number of H-pyrrole nitrogens is 1. The number of hydrogen-bond acceptors (Lipinski definition) is 3. The molecule has 0 radical (unpaired) electrons. The molecule has 1 N–H and O–H groups in total. The smallest absolute Gasteiger partial charge is 0.144 e. The van der Waals surface area contributed by atoms with Crippen LogP contribution in [-0.2, 0) is 11.2 Å². The zero-order valence-electron chi connectivity index (χ0n) is 9.96. The number of rotatable bonds is 4. The van der Waals surface area contributed by atoms with Crippen molar-refractivity contribution in [2.45, 2.75) is 38.0 Å². The van der Waals surface area contributed by atoms with Gasteiger partial charge in [0.2, 0.25) is 0 Å². The van der Waals surface area contributed by atoms with Crippen LogP contribution in [0, 0.1) is 4.64 Å². The summed E-state index contributed by atoms with van der Waals surface area (Å²) in [5, 5.41) is 0. The molecule has 1 aromatic heterocycles. The molecule has 1 aromatic rings. The van der Waals surface area contributed by atoms with Gasteiger partial charge in [-0.25, -0.2) is 4.98 Å². The molecule has 0 aromatic carbocycles. The van der Waals surface area contributed by atoms with Crippen LogP contribution in [0.15, 0.2) is 4.47 Å². The number of nitrogens with one attached hydrogen (secondary N) is 1. The van der Waals surface area contributed by atoms with Crippen LogP contribution in [-0.4, -0.2) is 23.7 Å². The summed E-state index contributed by atoms with van der Waals surface area (Å²) in [6, 6.07) is 0. The summed E-state index contributed by atoms with van der Waals surface area (Å²) in [5.41, 5.74) is 1.23. The monoisotopic (exact) mass is 316 g/mol. The highest BCUT2D eigenvalue weighted by atomic mass is 79.9. The van der Waals surface area contributed by atoms with Crippen molar-refractivity contribution in [3.8, 4) is 0 Å². The SMILES string of the molecule is COCCc1nc(=S)c(Br)c(C2CCCC2)[nH]1. The first-order valence-electron chi connectivity index (χ1n) is 6.00. The molecule has 0 aliphatic heterocycles. The second kappa shape index (κ2) is 6.07. The van der Waals surface area contributed by atoms with Gasteiger partial charge in [0, 0.05) is 25.1 Å². The lowest BCUT2D eigenvalue weighted by atomic mass is 10.0. The average molecular weight is 317 g/mol. The van der Waals surface area contributed by atoms with Gasteiger partial charge in [-0.1, -0.05) is 25.1 Å². The highest BCUT2D eigenvalue weighted by molar-refractivity contribution is 9.10. The van der Waals surface area contributed by atoms with Crippen LogP contribution in [0.5, 0.6) is 0 Å². The van der Waals surface area contributed by atoms with Crippen molar-refractivity contribution in [1.82, 2.24) is 9.97 Å². The molecule has 0 atom stereocenters. The Kier molecular flexibility index (Phi) is 4.70. The summed E-state index contributed by atoms with van der Waals surface area (Å²) in [4.78, 5) is 7.80. The topological polar surface area (TPSA) is 37.9 Å². The second-order valence-corrected chi connectivity index (χ2v) is 5.62. The number of ether oxygens (including phenoxy) is 1. The van der Waals surface area contributed by atoms with Gasteiger partial charge >= 0.3 is 0 Å². The Morgan fingerprint density at radius 2 is 2.18 bits per heavy atom. The van der Waals surface area contributed by atoms with Crippen LogP contribution in [0.4, 0.5) is 0 Å². The molecule has 0 spiro atoms. The minimum atomic E-state index is 0.607. The Balaban J connectivity index is 2.29. The fourth-order valence-electron chi connectivity index (χ4n) is 2.34. The van der Waals surface area contributed by atoms with E-state index in [0.717, 1.165) is 16.7 Å². The van der Waals surface area contributed by atoms with Gasteiger partial charge in [0.15, 0.2) is 0 Å². The Bertz CT molecular complexity index is 441. The number of methoxy groups -OCH3 is 1. The maximum atomic E-state index is 5.30. The quantitative estimate of drug-likeness (QED) is 0.860. The molecule has 0 amide bonds. The van der Waals surface area contributed by atoms with Crippen LogP contribution < -0.4 is 0 Å². The molecule has 17 heavy (non-hydrogen) atoms. The minimum Gasteiger partial charge on any atom is -0.384 e. The molecule has 2 rings (SSSR count). The lowest BCUT2D eigenvalue weighted by Crippen LogP contribution is -2.07. The van der Waals surface area contributed by atoms with E-state index >= 15 is 0 Å². The minimum absolute atomic E-state index is 0.607. The van der Waals surface area contributed by atoms with Gasteiger partial charge in [-0.2, -0.15) is 0 Å². The molecule has 94 valence electrons. The number of nitrogens with zero attached hydrogens (tertiary/aromatic N) is 1. The predicted octanol–water partition coefficient (Wildman–Crippen LogP) is 3.75. The van der Waals surface area contributed by atoms with E-state index in [4.69, 9.17) is 17.0 Å². The molecule has 1 aliphatic rings. The normalized spacial score (nSPS) is 16.6. The molecular formula is C12H17BrN2OS. The average Bonchev–Trinajstić information content (AvgIpc) is 2.84. The number of halogens is 1. The van der Waals surface area contributed by atoms with Crippen LogP contribution >= 0.6 is 28.1 Å². The third kappa shape index (κ3) is 3.14. The molecule has 1 aliphatic carbocycles. The van der Waals surface area contributed by atoms with Crippen LogP contribution in [0.2, 0.25) is 0 Å². The zero-order valence-corrected chi connectivity index (χ0v) is 12.4. The highest BCUT2D eigenvalue weighted by Crippen LogP contribution is 2.36. The third-order valence-electron chi connectivity index (χ3n) is 3.25. The lowest BCUT2D eigenvalue weighted by molar-refractivity contribution is 0.200. The van der Waals surface area contributed by atoms with Gasteiger partial charge in [0.05, 0.1) is 11.1 Å². The molecule has 1 fully saturated rings. The van der Waals surface area contributed by atoms with E-state index in [9.17, 15) is 0 Å². The van der Waals surface area contributed by atoms with E-state index in [0.29, 0.717) is 17.2 Å². The maximum Gasteiger partial charge on any atom is 0.144 e. The first-order valence-corrected chi connectivity index (χ1v) is 7.20. The standard InChI is InChI=1S/C12H17BrN2OS/c1-16-7-6-9-14-11(8-4-2-3-5-8)10(13)12(17)15-9/h8H,2-7H2,1H3,(H,14,15,17). The maximum absolute atomic E-state index is 5.30. The number of hydrogen-bond donors (Lipinski definition) is 1. The van der Waals surface area contributed by atoms with Crippen molar-refractivity contribution in [2.75, 3.05) is 13.7 Å². The summed E-state index contributed by atoms with van der Waals surface area (Å²) in [5.74, 6) is 1.54. The van der Waals surface area contributed by atoms with Crippen LogP contribution in [0.1, 0.15) is 43.1 Å². The molecular weight excluding hydrogens is 300 g/mol. The van der Waals surface area contributed by atoms with Gasteiger partial charge in [-0.3, -0.25) is 0 Å². The van der Waals surface area contributed by atoms with E-state index in [2.05, 4.69) is 25.9 Å².